The molecule has 0 bridgehead atoms. The molecule has 0 N–H and O–H groups in total. The number of amides is 1. The fraction of sp³-hybridized carbons (Fsp3) is 0.303. The molecule has 232 valence electrons. The van der Waals surface area contributed by atoms with Gasteiger partial charge < -0.3 is 18.9 Å². The summed E-state index contributed by atoms with van der Waals surface area (Å²) in [6.07, 6.45) is 4.33. The standard InChI is InChI=1S/C33H31ClF2N6O3/c1-6-33(10-13-41(18-28(33)36)31(43)45-32(3,4)5)42-19(2)40-27-17-39-26-16-25(35)22(15-23(26)29(27)42)21-9-8-20(14-24(21)34)44-30-37-11-7-12-38-30/h6-9,11-12,14-17,28H,1,10,13,18H2,2-5H3/t28-,33+/m0/s1. The Labute approximate surface area is 263 Å². The van der Waals surface area contributed by atoms with Crippen molar-refractivity contribution in [1.29, 1.82) is 0 Å². The Morgan fingerprint density at radius 3 is 2.56 bits per heavy atom. The average Bonchev–Trinajstić information content (AvgIpc) is 3.33. The zero-order valence-electron chi connectivity index (χ0n) is 25.2. The first-order chi connectivity index (χ1) is 21.4. The summed E-state index contributed by atoms with van der Waals surface area (Å²) < 4.78 is 45.0. The van der Waals surface area contributed by atoms with Crippen molar-refractivity contribution in [3.63, 3.8) is 0 Å². The Morgan fingerprint density at radius 1 is 1.13 bits per heavy atom. The molecular formula is C33H31ClF2N6O3. The fourth-order valence-electron chi connectivity index (χ4n) is 5.81. The van der Waals surface area contributed by atoms with Crippen LogP contribution in [0, 0.1) is 12.7 Å². The van der Waals surface area contributed by atoms with E-state index in [1.807, 2.05) is 0 Å². The lowest BCUT2D eigenvalue weighted by Gasteiger charge is -2.44. The van der Waals surface area contributed by atoms with Crippen LogP contribution in [0.4, 0.5) is 13.6 Å². The molecule has 1 saturated heterocycles. The van der Waals surface area contributed by atoms with Crippen molar-refractivity contribution in [3.05, 3.63) is 84.3 Å². The maximum absolute atomic E-state index is 16.4. The molecule has 0 radical (unpaired) electrons. The Morgan fingerprint density at radius 2 is 1.89 bits per heavy atom. The molecule has 2 aromatic carbocycles. The number of aryl methyl sites for hydroxylation is 1. The highest BCUT2D eigenvalue weighted by Crippen LogP contribution is 2.42. The number of rotatable bonds is 5. The summed E-state index contributed by atoms with van der Waals surface area (Å²) in [6, 6.07) is 9.65. The molecule has 1 aliphatic rings. The third-order valence-electron chi connectivity index (χ3n) is 7.85. The van der Waals surface area contributed by atoms with Crippen molar-refractivity contribution in [2.24, 2.45) is 0 Å². The van der Waals surface area contributed by atoms with E-state index in [0.717, 1.165) is 0 Å². The van der Waals surface area contributed by atoms with Gasteiger partial charge in [0.05, 0.1) is 34.3 Å². The first-order valence-corrected chi connectivity index (χ1v) is 14.8. The maximum atomic E-state index is 16.4. The van der Waals surface area contributed by atoms with Crippen LogP contribution in [0.3, 0.4) is 0 Å². The van der Waals surface area contributed by atoms with E-state index in [1.165, 1.54) is 11.0 Å². The number of piperidine rings is 1. The number of halogens is 3. The van der Waals surface area contributed by atoms with Gasteiger partial charge in [0.2, 0.25) is 0 Å². The van der Waals surface area contributed by atoms with Crippen molar-refractivity contribution < 1.29 is 23.0 Å². The number of benzene rings is 2. The second kappa shape index (κ2) is 11.4. The predicted molar refractivity (Wildman–Crippen MR) is 168 cm³/mol. The lowest BCUT2D eigenvalue weighted by Crippen LogP contribution is -2.56. The van der Waals surface area contributed by atoms with Crippen LogP contribution in [0.5, 0.6) is 11.8 Å². The third-order valence-corrected chi connectivity index (χ3v) is 8.16. The van der Waals surface area contributed by atoms with Gasteiger partial charge in [-0.05, 0) is 58.4 Å². The number of imidazole rings is 1. The Balaban J connectivity index is 1.43. The van der Waals surface area contributed by atoms with E-state index < -0.39 is 29.2 Å². The monoisotopic (exact) mass is 632 g/mol. The van der Waals surface area contributed by atoms with Gasteiger partial charge in [-0.25, -0.2) is 28.5 Å². The van der Waals surface area contributed by atoms with Gasteiger partial charge >= 0.3 is 12.1 Å². The van der Waals surface area contributed by atoms with E-state index in [0.29, 0.717) is 39.1 Å². The van der Waals surface area contributed by atoms with Gasteiger partial charge in [0.1, 0.15) is 34.7 Å². The summed E-state index contributed by atoms with van der Waals surface area (Å²) in [5.74, 6) is 0.376. The van der Waals surface area contributed by atoms with Crippen molar-refractivity contribution in [3.8, 4) is 22.9 Å². The van der Waals surface area contributed by atoms with Gasteiger partial charge in [0, 0.05) is 47.6 Å². The molecule has 6 rings (SSSR count). The van der Waals surface area contributed by atoms with Crippen LogP contribution in [0.2, 0.25) is 5.02 Å². The van der Waals surface area contributed by atoms with E-state index in [4.69, 9.17) is 26.1 Å². The molecule has 4 heterocycles. The molecule has 45 heavy (non-hydrogen) atoms. The molecule has 12 heteroatoms. The Kier molecular flexibility index (Phi) is 7.68. The molecular weight excluding hydrogens is 602 g/mol. The highest BCUT2D eigenvalue weighted by Gasteiger charge is 2.46. The number of fused-ring (bicyclic) bond motifs is 3. The molecule has 3 aromatic heterocycles. The molecule has 1 aliphatic heterocycles. The van der Waals surface area contributed by atoms with Crippen LogP contribution in [0.15, 0.2) is 67.6 Å². The smallest absolute Gasteiger partial charge is 0.410 e. The average molecular weight is 633 g/mol. The van der Waals surface area contributed by atoms with Crippen molar-refractivity contribution in [1.82, 2.24) is 29.4 Å². The SMILES string of the molecule is C=C[C@@]1(n2c(C)nc3cnc4cc(F)c(-c5ccc(Oc6ncccn6)cc5Cl)cc4c32)CCN(C(=O)OC(C)(C)C)C[C@@H]1F. The topological polar surface area (TPSA) is 95.3 Å². The summed E-state index contributed by atoms with van der Waals surface area (Å²) in [5, 5.41) is 0.800. The van der Waals surface area contributed by atoms with E-state index in [2.05, 4.69) is 21.5 Å². The number of nitrogens with zero attached hydrogens (tertiary/aromatic N) is 6. The zero-order chi connectivity index (χ0) is 32.1. The molecule has 9 nitrogen and oxygen atoms in total. The van der Waals surface area contributed by atoms with Gasteiger partial charge in [0.15, 0.2) is 0 Å². The minimum absolute atomic E-state index is 0.148. The summed E-state index contributed by atoms with van der Waals surface area (Å²) in [6.45, 7) is 11.1. The molecule has 2 atom stereocenters. The van der Waals surface area contributed by atoms with Gasteiger partial charge in [-0.1, -0.05) is 17.7 Å². The molecule has 5 aromatic rings. The quantitative estimate of drug-likeness (QED) is 0.182. The van der Waals surface area contributed by atoms with Crippen LogP contribution in [-0.4, -0.2) is 60.4 Å². The summed E-state index contributed by atoms with van der Waals surface area (Å²) in [7, 11) is 0. The van der Waals surface area contributed by atoms with Gasteiger partial charge in [-0.2, -0.15) is 0 Å². The third kappa shape index (κ3) is 5.56. The van der Waals surface area contributed by atoms with E-state index in [9.17, 15) is 4.79 Å². The number of hydrogen-bond acceptors (Lipinski definition) is 7. The molecule has 1 amide bonds. The number of carbonyl (C=O) groups is 1. The van der Waals surface area contributed by atoms with E-state index >= 15 is 8.78 Å². The number of aromatic nitrogens is 5. The van der Waals surface area contributed by atoms with Crippen molar-refractivity contribution in [2.75, 3.05) is 13.1 Å². The zero-order valence-corrected chi connectivity index (χ0v) is 26.0. The van der Waals surface area contributed by atoms with Crippen LogP contribution >= 0.6 is 11.6 Å². The van der Waals surface area contributed by atoms with Crippen LogP contribution in [-0.2, 0) is 10.3 Å². The fourth-order valence-corrected chi connectivity index (χ4v) is 6.08. The summed E-state index contributed by atoms with van der Waals surface area (Å²) in [4.78, 5) is 31.4. The largest absolute Gasteiger partial charge is 0.444 e. The minimum Gasteiger partial charge on any atom is -0.444 e. The molecule has 0 spiro atoms. The predicted octanol–water partition coefficient (Wildman–Crippen LogP) is 7.79. The van der Waals surface area contributed by atoms with Gasteiger partial charge in [-0.3, -0.25) is 4.98 Å². The normalized spacial score (nSPS) is 18.7. The van der Waals surface area contributed by atoms with Gasteiger partial charge in [0.25, 0.3) is 0 Å². The number of hydrogen-bond donors (Lipinski definition) is 0. The first-order valence-electron chi connectivity index (χ1n) is 14.4. The number of allylic oxidation sites excluding steroid dienone is 1. The molecule has 0 saturated carbocycles. The number of pyridine rings is 1. The van der Waals surface area contributed by atoms with Crippen LogP contribution in [0.1, 0.15) is 33.0 Å². The van der Waals surface area contributed by atoms with Crippen LogP contribution < -0.4 is 4.74 Å². The number of carbonyl (C=O) groups excluding carboxylic acids is 1. The summed E-state index contributed by atoms with van der Waals surface area (Å²) in [5.41, 5.74) is 0.142. The second-order valence-electron chi connectivity index (χ2n) is 12.0. The second-order valence-corrected chi connectivity index (χ2v) is 12.4. The summed E-state index contributed by atoms with van der Waals surface area (Å²) >= 11 is 6.65. The van der Waals surface area contributed by atoms with Crippen LogP contribution in [0.25, 0.3) is 33.1 Å². The van der Waals surface area contributed by atoms with E-state index in [1.54, 1.807) is 87.3 Å². The molecule has 0 unspecified atom stereocenters. The number of alkyl halides is 1. The highest BCUT2D eigenvalue weighted by atomic mass is 35.5. The van der Waals surface area contributed by atoms with Crippen molar-refractivity contribution >= 4 is 39.6 Å². The Hall–Kier alpha value is -4.64. The number of likely N-dealkylation sites (tertiary alicyclic amines) is 1. The Bertz CT molecular complexity index is 1940. The minimum atomic E-state index is -1.54. The first kappa shape index (κ1) is 30.4. The van der Waals surface area contributed by atoms with Gasteiger partial charge in [-0.15, -0.1) is 6.58 Å². The van der Waals surface area contributed by atoms with Crippen molar-refractivity contribution in [2.45, 2.75) is 51.4 Å². The lowest BCUT2D eigenvalue weighted by atomic mass is 9.85. The molecule has 1 fully saturated rings. The van der Waals surface area contributed by atoms with E-state index in [-0.39, 0.29) is 36.1 Å². The maximum Gasteiger partial charge on any atom is 0.410 e. The highest BCUT2D eigenvalue weighted by molar-refractivity contribution is 6.33. The lowest BCUT2D eigenvalue weighted by molar-refractivity contribution is -0.00378. The molecule has 0 aliphatic carbocycles. The number of ether oxygens (including phenoxy) is 2.